The van der Waals surface area contributed by atoms with E-state index in [4.69, 9.17) is 4.74 Å². The third-order valence-corrected chi connectivity index (χ3v) is 9.87. The van der Waals surface area contributed by atoms with Crippen LogP contribution in [0.1, 0.15) is 36.0 Å². The molecular weight excluding hydrogens is 486 g/mol. The van der Waals surface area contributed by atoms with Crippen LogP contribution in [0.4, 0.5) is 11.4 Å². The Hall–Kier alpha value is -2.79. The molecule has 1 aromatic heterocycles. The van der Waals surface area contributed by atoms with Gasteiger partial charge in [-0.15, -0.1) is 11.3 Å². The minimum absolute atomic E-state index is 0.0642. The summed E-state index contributed by atoms with van der Waals surface area (Å²) in [6, 6.07) is 11.6. The number of sulfonamides is 1. The number of piperidine rings is 1. The molecule has 1 unspecified atom stereocenters. The third kappa shape index (κ3) is 4.24. The Morgan fingerprint density at radius 2 is 2.03 bits per heavy atom. The SMILES string of the molecule is COCCCN1C(=O)c2cccc3c(NC(=O)C4CCCCN4S(=O)(=O)c4cccs4)ccc1c23. The fourth-order valence-electron chi connectivity index (χ4n) is 4.94. The van der Waals surface area contributed by atoms with Crippen LogP contribution < -0.4 is 10.2 Å². The number of hydrogen-bond donors (Lipinski definition) is 1. The highest BCUT2D eigenvalue weighted by atomic mass is 32.2. The number of thiophene rings is 1. The van der Waals surface area contributed by atoms with Gasteiger partial charge in [0.15, 0.2) is 0 Å². The molecule has 35 heavy (non-hydrogen) atoms. The molecule has 184 valence electrons. The van der Waals surface area contributed by atoms with Crippen LogP contribution in [-0.4, -0.2) is 57.4 Å². The molecule has 1 N–H and O–H groups in total. The van der Waals surface area contributed by atoms with Crippen molar-refractivity contribution in [1.82, 2.24) is 4.31 Å². The number of benzene rings is 2. The number of ether oxygens (including phenoxy) is 1. The predicted octanol–water partition coefficient (Wildman–Crippen LogP) is 4.08. The van der Waals surface area contributed by atoms with Crippen molar-refractivity contribution in [2.45, 2.75) is 35.9 Å². The van der Waals surface area contributed by atoms with Crippen molar-refractivity contribution in [1.29, 1.82) is 0 Å². The Kier molecular flexibility index (Phi) is 6.63. The third-order valence-electron chi connectivity index (χ3n) is 6.59. The number of hydrogen-bond acceptors (Lipinski definition) is 6. The number of nitrogens with zero attached hydrogens (tertiary/aromatic N) is 2. The summed E-state index contributed by atoms with van der Waals surface area (Å²) in [5.74, 6) is -0.419. The fraction of sp³-hybridized carbons (Fsp3) is 0.360. The number of nitrogens with one attached hydrogen (secondary N) is 1. The van der Waals surface area contributed by atoms with Crippen molar-refractivity contribution in [2.24, 2.45) is 0 Å². The summed E-state index contributed by atoms with van der Waals surface area (Å²) in [7, 11) is -2.11. The lowest BCUT2D eigenvalue weighted by molar-refractivity contribution is -0.120. The van der Waals surface area contributed by atoms with E-state index >= 15 is 0 Å². The van der Waals surface area contributed by atoms with E-state index in [9.17, 15) is 18.0 Å². The quantitative estimate of drug-likeness (QED) is 0.458. The zero-order chi connectivity index (χ0) is 24.6. The molecule has 3 aromatic rings. The van der Waals surface area contributed by atoms with E-state index in [1.54, 1.807) is 41.7 Å². The summed E-state index contributed by atoms with van der Waals surface area (Å²) in [5.41, 5.74) is 1.99. The molecule has 1 fully saturated rings. The van der Waals surface area contributed by atoms with E-state index in [1.165, 1.54) is 4.31 Å². The van der Waals surface area contributed by atoms with E-state index in [-0.39, 0.29) is 16.0 Å². The summed E-state index contributed by atoms with van der Waals surface area (Å²) in [5, 5.41) is 6.26. The minimum Gasteiger partial charge on any atom is -0.385 e. The maximum Gasteiger partial charge on any atom is 0.258 e. The summed E-state index contributed by atoms with van der Waals surface area (Å²) < 4.78 is 33.1. The first kappa shape index (κ1) is 23.9. The summed E-state index contributed by atoms with van der Waals surface area (Å²) in [4.78, 5) is 28.2. The first-order valence-electron chi connectivity index (χ1n) is 11.7. The smallest absolute Gasteiger partial charge is 0.258 e. The summed E-state index contributed by atoms with van der Waals surface area (Å²) >= 11 is 1.15. The van der Waals surface area contributed by atoms with E-state index in [2.05, 4.69) is 5.32 Å². The van der Waals surface area contributed by atoms with Crippen LogP contribution >= 0.6 is 11.3 Å². The highest BCUT2D eigenvalue weighted by Gasteiger charge is 2.38. The van der Waals surface area contributed by atoms with Crippen LogP contribution in [0.5, 0.6) is 0 Å². The van der Waals surface area contributed by atoms with Crippen LogP contribution in [0.2, 0.25) is 0 Å². The summed E-state index contributed by atoms with van der Waals surface area (Å²) in [6.45, 7) is 1.41. The Morgan fingerprint density at radius 3 is 2.80 bits per heavy atom. The maximum atomic E-state index is 13.4. The van der Waals surface area contributed by atoms with E-state index in [0.717, 1.165) is 40.6 Å². The van der Waals surface area contributed by atoms with Crippen LogP contribution in [0.15, 0.2) is 52.1 Å². The molecule has 10 heteroatoms. The Morgan fingerprint density at radius 1 is 1.17 bits per heavy atom. The van der Waals surface area contributed by atoms with Gasteiger partial charge in [0.25, 0.3) is 15.9 Å². The molecule has 2 amide bonds. The second kappa shape index (κ2) is 9.69. The molecule has 1 atom stereocenters. The van der Waals surface area contributed by atoms with Crippen molar-refractivity contribution >= 4 is 55.3 Å². The topological polar surface area (TPSA) is 96.0 Å². The Labute approximate surface area is 208 Å². The second-order valence-corrected chi connectivity index (χ2v) is 11.8. The van der Waals surface area contributed by atoms with Crippen molar-refractivity contribution < 1.29 is 22.7 Å². The molecule has 0 saturated carbocycles. The molecule has 3 heterocycles. The number of carbonyl (C=O) groups is 2. The highest BCUT2D eigenvalue weighted by Crippen LogP contribution is 2.41. The molecule has 1 saturated heterocycles. The number of methoxy groups -OCH3 is 1. The fourth-order valence-corrected chi connectivity index (χ4v) is 7.72. The normalized spacial score (nSPS) is 18.4. The van der Waals surface area contributed by atoms with E-state index in [0.29, 0.717) is 43.8 Å². The van der Waals surface area contributed by atoms with E-state index < -0.39 is 16.1 Å². The summed E-state index contributed by atoms with van der Waals surface area (Å²) in [6.07, 6.45) is 2.68. The average Bonchev–Trinajstić information content (AvgIpc) is 3.51. The zero-order valence-corrected chi connectivity index (χ0v) is 21.0. The molecule has 0 aliphatic carbocycles. The van der Waals surface area contributed by atoms with Gasteiger partial charge in [-0.3, -0.25) is 9.59 Å². The van der Waals surface area contributed by atoms with Crippen molar-refractivity contribution in [2.75, 3.05) is 37.0 Å². The number of rotatable bonds is 8. The maximum absolute atomic E-state index is 13.4. The van der Waals surface area contributed by atoms with Gasteiger partial charge in [0.1, 0.15) is 10.3 Å². The lowest BCUT2D eigenvalue weighted by Crippen LogP contribution is -2.49. The molecule has 8 nitrogen and oxygen atoms in total. The number of amides is 2. The van der Waals surface area contributed by atoms with E-state index in [1.807, 2.05) is 18.2 Å². The van der Waals surface area contributed by atoms with Crippen molar-refractivity contribution in [3.63, 3.8) is 0 Å². The van der Waals surface area contributed by atoms with Gasteiger partial charge in [-0.1, -0.05) is 24.6 Å². The van der Waals surface area contributed by atoms with Gasteiger partial charge in [0.05, 0.1) is 5.69 Å². The minimum atomic E-state index is -3.75. The van der Waals surface area contributed by atoms with Gasteiger partial charge in [0.2, 0.25) is 5.91 Å². The zero-order valence-electron chi connectivity index (χ0n) is 19.4. The number of anilines is 2. The largest absolute Gasteiger partial charge is 0.385 e. The van der Waals surface area contributed by atoms with Crippen LogP contribution in [0.3, 0.4) is 0 Å². The van der Waals surface area contributed by atoms with Crippen LogP contribution in [0.25, 0.3) is 10.8 Å². The molecular formula is C25H27N3O5S2. The van der Waals surface area contributed by atoms with Crippen molar-refractivity contribution in [3.05, 3.63) is 53.4 Å². The number of carbonyl (C=O) groups excluding carboxylic acids is 2. The molecule has 2 aromatic carbocycles. The van der Waals surface area contributed by atoms with Crippen LogP contribution in [-0.2, 0) is 19.6 Å². The van der Waals surface area contributed by atoms with Gasteiger partial charge >= 0.3 is 0 Å². The molecule has 5 rings (SSSR count). The first-order valence-corrected chi connectivity index (χ1v) is 14.0. The predicted molar refractivity (Wildman–Crippen MR) is 137 cm³/mol. The van der Waals surface area contributed by atoms with Gasteiger partial charge in [-0.25, -0.2) is 8.42 Å². The Balaban J connectivity index is 1.44. The molecule has 0 bridgehead atoms. The average molecular weight is 514 g/mol. The van der Waals surface area contributed by atoms with Gasteiger partial charge in [-0.05, 0) is 48.9 Å². The lowest BCUT2D eigenvalue weighted by atomic mass is 10.0. The van der Waals surface area contributed by atoms with Crippen molar-refractivity contribution in [3.8, 4) is 0 Å². The second-order valence-electron chi connectivity index (χ2n) is 8.71. The molecule has 2 aliphatic heterocycles. The molecule has 2 aliphatic rings. The molecule has 0 spiro atoms. The van der Waals surface area contributed by atoms with Gasteiger partial charge < -0.3 is 15.0 Å². The lowest BCUT2D eigenvalue weighted by Gasteiger charge is -2.33. The monoisotopic (exact) mass is 513 g/mol. The standard InChI is InChI=1S/C25H27N3O5S2/c1-33-15-6-13-27-20-12-11-19(17-7-4-8-18(23(17)20)25(27)30)26-24(29)21-9-2-3-14-28(21)35(31,32)22-10-5-16-34-22/h4-5,7-8,10-12,16,21H,2-3,6,9,13-15H2,1H3,(H,26,29). The highest BCUT2D eigenvalue weighted by molar-refractivity contribution is 7.91. The molecule has 0 radical (unpaired) electrons. The first-order chi connectivity index (χ1) is 16.9. The Bertz CT molecular complexity index is 1370. The van der Waals surface area contributed by atoms with Crippen LogP contribution in [0, 0.1) is 0 Å². The van der Waals surface area contributed by atoms with Gasteiger partial charge in [-0.2, -0.15) is 4.31 Å². The van der Waals surface area contributed by atoms with Gasteiger partial charge in [0, 0.05) is 48.8 Å².